The van der Waals surface area contributed by atoms with E-state index in [1.165, 1.54) is 30.4 Å². The summed E-state index contributed by atoms with van der Waals surface area (Å²) in [4.78, 5) is 17.7. The highest BCUT2D eigenvalue weighted by molar-refractivity contribution is 5.59. The Labute approximate surface area is 147 Å². The third-order valence-corrected chi connectivity index (χ3v) is 4.57. The number of aryl methyl sites for hydroxylation is 2. The summed E-state index contributed by atoms with van der Waals surface area (Å²) in [6.45, 7) is 4.23. The maximum atomic E-state index is 11.2. The summed E-state index contributed by atoms with van der Waals surface area (Å²) >= 11 is 0. The van der Waals surface area contributed by atoms with E-state index < -0.39 is 4.92 Å². The molecule has 0 atom stereocenters. The molecule has 1 saturated heterocycles. The smallest absolute Gasteiger partial charge is 0.333 e. The van der Waals surface area contributed by atoms with Gasteiger partial charge in [0, 0.05) is 32.9 Å². The third-order valence-electron chi connectivity index (χ3n) is 4.57. The highest BCUT2D eigenvalue weighted by Crippen LogP contribution is 2.27. The summed E-state index contributed by atoms with van der Waals surface area (Å²) < 4.78 is 1.51. The van der Waals surface area contributed by atoms with Crippen LogP contribution in [0.2, 0.25) is 0 Å². The molecule has 0 bridgehead atoms. The van der Waals surface area contributed by atoms with Crippen molar-refractivity contribution in [2.24, 2.45) is 7.05 Å². The topological polar surface area (TPSA) is 89.1 Å². The van der Waals surface area contributed by atoms with Gasteiger partial charge in [-0.15, -0.1) is 0 Å². The van der Waals surface area contributed by atoms with Gasteiger partial charge >= 0.3 is 5.69 Å². The fourth-order valence-corrected chi connectivity index (χ4v) is 3.26. The van der Waals surface area contributed by atoms with E-state index >= 15 is 0 Å². The van der Waals surface area contributed by atoms with Gasteiger partial charge in [-0.1, -0.05) is 18.9 Å². The van der Waals surface area contributed by atoms with Crippen LogP contribution in [0.5, 0.6) is 0 Å². The Balaban J connectivity index is 1.67. The van der Waals surface area contributed by atoms with E-state index in [1.54, 1.807) is 14.0 Å². The molecule has 0 amide bonds. The van der Waals surface area contributed by atoms with E-state index in [-0.39, 0.29) is 5.69 Å². The minimum atomic E-state index is -0.397. The highest BCUT2D eigenvalue weighted by atomic mass is 16.6. The van der Waals surface area contributed by atoms with Gasteiger partial charge in [0.25, 0.3) is 0 Å². The zero-order valence-corrected chi connectivity index (χ0v) is 14.7. The van der Waals surface area contributed by atoms with E-state index in [0.29, 0.717) is 18.1 Å². The number of hydrogen-bond donors (Lipinski definition) is 1. The summed E-state index contributed by atoms with van der Waals surface area (Å²) in [6.07, 6.45) is 6.86. The van der Waals surface area contributed by atoms with Crippen LogP contribution in [0.1, 0.15) is 36.9 Å². The molecule has 0 unspecified atom stereocenters. The van der Waals surface area contributed by atoms with E-state index in [2.05, 4.69) is 20.3 Å². The van der Waals surface area contributed by atoms with Crippen LogP contribution in [0.4, 0.5) is 17.3 Å². The van der Waals surface area contributed by atoms with E-state index in [9.17, 15) is 10.1 Å². The zero-order chi connectivity index (χ0) is 17.8. The first-order chi connectivity index (χ1) is 12.1. The Morgan fingerprint density at radius 1 is 1.24 bits per heavy atom. The molecule has 25 heavy (non-hydrogen) atoms. The van der Waals surface area contributed by atoms with Crippen LogP contribution in [0.15, 0.2) is 18.3 Å². The number of nitrogens with one attached hydrogen (secondary N) is 1. The van der Waals surface area contributed by atoms with Gasteiger partial charge in [-0.3, -0.25) is 10.1 Å². The first-order valence-corrected chi connectivity index (χ1v) is 8.68. The second-order valence-corrected chi connectivity index (χ2v) is 6.44. The summed E-state index contributed by atoms with van der Waals surface area (Å²) in [6, 6.07) is 4.06. The van der Waals surface area contributed by atoms with Gasteiger partial charge < -0.3 is 10.2 Å². The molecule has 0 radical (unpaired) electrons. The number of nitrogens with zero attached hydrogens (tertiary/aromatic N) is 5. The highest BCUT2D eigenvalue weighted by Gasteiger charge is 2.23. The Kier molecular flexibility index (Phi) is 5.16. The van der Waals surface area contributed by atoms with Gasteiger partial charge in [0.1, 0.15) is 11.5 Å². The molecule has 3 rings (SSSR count). The maximum absolute atomic E-state index is 11.2. The number of anilines is 2. The molecule has 134 valence electrons. The monoisotopic (exact) mass is 344 g/mol. The van der Waals surface area contributed by atoms with Crippen molar-refractivity contribution in [3.8, 4) is 0 Å². The fourth-order valence-electron chi connectivity index (χ4n) is 3.26. The quantitative estimate of drug-likeness (QED) is 0.662. The molecule has 0 saturated carbocycles. The fraction of sp³-hybridized carbons (Fsp3) is 0.529. The molecule has 1 fully saturated rings. The molecule has 0 aliphatic carbocycles. The molecular weight excluding hydrogens is 320 g/mol. The molecule has 0 aromatic carbocycles. The normalized spacial score (nSPS) is 15.0. The van der Waals surface area contributed by atoms with Crippen molar-refractivity contribution in [1.82, 2.24) is 14.8 Å². The summed E-state index contributed by atoms with van der Waals surface area (Å²) in [7, 11) is 1.70. The number of nitro groups is 1. The molecule has 0 spiro atoms. The molecule has 8 heteroatoms. The summed E-state index contributed by atoms with van der Waals surface area (Å²) in [5.74, 6) is 1.42. The summed E-state index contributed by atoms with van der Waals surface area (Å²) in [5.41, 5.74) is 1.41. The Morgan fingerprint density at radius 3 is 2.56 bits per heavy atom. The first kappa shape index (κ1) is 17.2. The van der Waals surface area contributed by atoms with Crippen LogP contribution in [-0.4, -0.2) is 32.8 Å². The number of aromatic nitrogens is 3. The molecule has 1 aliphatic heterocycles. The minimum Gasteiger partial charge on any atom is -0.360 e. The lowest BCUT2D eigenvalue weighted by Gasteiger charge is -2.21. The molecule has 1 N–H and O–H groups in total. The average Bonchev–Trinajstić information content (AvgIpc) is 2.78. The van der Waals surface area contributed by atoms with E-state index in [1.807, 2.05) is 18.3 Å². The first-order valence-electron chi connectivity index (χ1n) is 8.68. The maximum Gasteiger partial charge on any atom is 0.333 e. The largest absolute Gasteiger partial charge is 0.360 e. The van der Waals surface area contributed by atoms with Crippen LogP contribution in [0.25, 0.3) is 0 Å². The molecular formula is C17H24N6O2. The van der Waals surface area contributed by atoms with Gasteiger partial charge in [-0.25, -0.2) is 9.67 Å². The number of hydrogen-bond acceptors (Lipinski definition) is 6. The number of rotatable bonds is 5. The Hall–Kier alpha value is -2.64. The van der Waals surface area contributed by atoms with Crippen molar-refractivity contribution in [3.63, 3.8) is 0 Å². The average molecular weight is 344 g/mol. The Bertz CT molecular complexity index is 732. The van der Waals surface area contributed by atoms with Gasteiger partial charge in [0.05, 0.1) is 4.92 Å². The number of pyridine rings is 1. The van der Waals surface area contributed by atoms with Crippen LogP contribution >= 0.6 is 0 Å². The van der Waals surface area contributed by atoms with E-state index in [0.717, 1.165) is 24.5 Å². The van der Waals surface area contributed by atoms with Crippen molar-refractivity contribution in [2.45, 2.75) is 39.2 Å². The zero-order valence-electron chi connectivity index (χ0n) is 14.7. The lowest BCUT2D eigenvalue weighted by atomic mass is 10.2. The second kappa shape index (κ2) is 7.50. The Morgan fingerprint density at radius 2 is 1.96 bits per heavy atom. The van der Waals surface area contributed by atoms with Crippen molar-refractivity contribution in [2.75, 3.05) is 23.3 Å². The predicted octanol–water partition coefficient (Wildman–Crippen LogP) is 3.02. The molecule has 3 heterocycles. The lowest BCUT2D eigenvalue weighted by Crippen LogP contribution is -2.24. The second-order valence-electron chi connectivity index (χ2n) is 6.44. The summed E-state index contributed by atoms with van der Waals surface area (Å²) in [5, 5.41) is 18.4. The van der Waals surface area contributed by atoms with Crippen LogP contribution < -0.4 is 10.2 Å². The van der Waals surface area contributed by atoms with Gasteiger partial charge in [0.15, 0.2) is 0 Å². The van der Waals surface area contributed by atoms with Crippen LogP contribution in [0, 0.1) is 17.0 Å². The molecule has 2 aromatic rings. The van der Waals surface area contributed by atoms with Crippen LogP contribution in [-0.2, 0) is 13.6 Å². The van der Waals surface area contributed by atoms with Gasteiger partial charge in [0.2, 0.25) is 5.82 Å². The lowest BCUT2D eigenvalue weighted by molar-refractivity contribution is -0.384. The SMILES string of the molecule is Cc1nn(C)c(NCc2ccc(N3CCCCCC3)nc2)c1[N+](=O)[O-]. The minimum absolute atomic E-state index is 0.0247. The molecule has 2 aromatic heterocycles. The molecule has 1 aliphatic rings. The molecule has 8 nitrogen and oxygen atoms in total. The van der Waals surface area contributed by atoms with Crippen molar-refractivity contribution in [1.29, 1.82) is 0 Å². The predicted molar refractivity (Wildman–Crippen MR) is 96.8 cm³/mol. The van der Waals surface area contributed by atoms with Crippen molar-refractivity contribution < 1.29 is 4.92 Å². The van der Waals surface area contributed by atoms with Crippen LogP contribution in [0.3, 0.4) is 0 Å². The van der Waals surface area contributed by atoms with Gasteiger partial charge in [-0.05, 0) is 31.4 Å². The van der Waals surface area contributed by atoms with E-state index in [4.69, 9.17) is 0 Å². The van der Waals surface area contributed by atoms with Gasteiger partial charge in [-0.2, -0.15) is 5.10 Å². The standard InChI is InChI=1S/C17H24N6O2/c1-13-16(23(24)25)17(21(2)20-13)19-12-14-7-8-15(18-11-14)22-9-5-3-4-6-10-22/h7-8,11,19H,3-6,9-10,12H2,1-2H3. The van der Waals surface area contributed by atoms with Crippen molar-refractivity contribution >= 4 is 17.3 Å². The third kappa shape index (κ3) is 3.89. The van der Waals surface area contributed by atoms with Crippen molar-refractivity contribution in [3.05, 3.63) is 39.7 Å².